The molecule has 2 aromatic rings. The van der Waals surface area contributed by atoms with Gasteiger partial charge >= 0.3 is 6.03 Å². The van der Waals surface area contributed by atoms with Crippen molar-refractivity contribution in [3.8, 4) is 5.75 Å². The van der Waals surface area contributed by atoms with E-state index in [-0.39, 0.29) is 24.0 Å². The monoisotopic (exact) mass is 421 g/mol. The molecule has 2 aromatic carbocycles. The number of hydrogen-bond acceptors (Lipinski definition) is 3. The van der Waals surface area contributed by atoms with Gasteiger partial charge in [-0.1, -0.05) is 48.9 Å². The number of amides is 3. The van der Waals surface area contributed by atoms with Gasteiger partial charge in [0.1, 0.15) is 11.9 Å². The lowest BCUT2D eigenvalue weighted by Gasteiger charge is -2.39. The molecule has 1 N–H and O–H groups in total. The summed E-state index contributed by atoms with van der Waals surface area (Å²) in [7, 11) is 0. The summed E-state index contributed by atoms with van der Waals surface area (Å²) in [5.74, 6) is 0.796. The van der Waals surface area contributed by atoms with Crippen LogP contribution in [0.3, 0.4) is 0 Å². The van der Waals surface area contributed by atoms with Gasteiger partial charge in [-0.25, -0.2) is 4.79 Å². The van der Waals surface area contributed by atoms with E-state index in [1.807, 2.05) is 59.2 Å². The van der Waals surface area contributed by atoms with Crippen molar-refractivity contribution in [3.05, 3.63) is 59.7 Å². The number of rotatable bonds is 4. The van der Waals surface area contributed by atoms with Gasteiger partial charge in [-0.2, -0.15) is 0 Å². The molecular weight excluding hydrogens is 390 g/mol. The first kappa shape index (κ1) is 21.2. The van der Waals surface area contributed by atoms with Crippen molar-refractivity contribution in [3.63, 3.8) is 0 Å². The van der Waals surface area contributed by atoms with Crippen LogP contribution in [0.5, 0.6) is 5.75 Å². The summed E-state index contributed by atoms with van der Waals surface area (Å²) in [6.07, 6.45) is 2.23. The van der Waals surface area contributed by atoms with E-state index < -0.39 is 0 Å². The predicted octanol–water partition coefficient (Wildman–Crippen LogP) is 4.12. The second-order valence-corrected chi connectivity index (χ2v) is 8.48. The topological polar surface area (TPSA) is 61.9 Å². The van der Waals surface area contributed by atoms with E-state index in [1.165, 1.54) is 5.56 Å². The van der Waals surface area contributed by atoms with Crippen molar-refractivity contribution < 1.29 is 14.3 Å². The molecule has 1 fully saturated rings. The summed E-state index contributed by atoms with van der Waals surface area (Å²) in [5, 5.41) is 3.06. The molecule has 0 aromatic heterocycles. The van der Waals surface area contributed by atoms with Gasteiger partial charge in [0.25, 0.3) is 0 Å². The standard InChI is InChI=1S/C25H31N3O3/c1-3-21-17-28(22-9-4-5-10-23(22)31-21)25(30)27-13-11-20(12-14-27)24(29)26-16-19-8-6-7-18(2)15-19/h4-10,15,20-21H,3,11-14,16-17H2,1-2H3,(H,26,29)/t21-/m1/s1. The molecule has 6 heteroatoms. The number of nitrogens with one attached hydrogen (secondary N) is 1. The smallest absolute Gasteiger partial charge is 0.324 e. The van der Waals surface area contributed by atoms with E-state index in [0.29, 0.717) is 39.0 Å². The van der Waals surface area contributed by atoms with Crippen molar-refractivity contribution in [1.82, 2.24) is 10.2 Å². The number of carbonyl (C=O) groups is 2. The minimum absolute atomic E-state index is 0.00351. The molecule has 0 aliphatic carbocycles. The number of anilines is 1. The average Bonchev–Trinajstić information content (AvgIpc) is 2.81. The van der Waals surface area contributed by atoms with Gasteiger partial charge in [0.15, 0.2) is 0 Å². The molecule has 0 unspecified atom stereocenters. The van der Waals surface area contributed by atoms with Crippen LogP contribution < -0.4 is 15.0 Å². The van der Waals surface area contributed by atoms with Crippen molar-refractivity contribution in [2.75, 3.05) is 24.5 Å². The molecule has 0 spiro atoms. The first-order valence-electron chi connectivity index (χ1n) is 11.2. The van der Waals surface area contributed by atoms with E-state index in [1.54, 1.807) is 0 Å². The lowest BCUT2D eigenvalue weighted by atomic mass is 9.96. The number of para-hydroxylation sites is 2. The van der Waals surface area contributed by atoms with Gasteiger partial charge in [-0.15, -0.1) is 0 Å². The number of aryl methyl sites for hydroxylation is 1. The van der Waals surface area contributed by atoms with Crippen LogP contribution in [-0.4, -0.2) is 42.6 Å². The summed E-state index contributed by atoms with van der Waals surface area (Å²) in [6.45, 7) is 6.41. The molecule has 0 saturated carbocycles. The minimum atomic E-state index is -0.0470. The van der Waals surface area contributed by atoms with Crippen LogP contribution in [0.4, 0.5) is 10.5 Å². The zero-order valence-electron chi connectivity index (χ0n) is 18.3. The zero-order valence-corrected chi connectivity index (χ0v) is 18.3. The Hall–Kier alpha value is -3.02. The Kier molecular flexibility index (Phi) is 6.44. The Morgan fingerprint density at radius 3 is 2.61 bits per heavy atom. The normalized spacial score (nSPS) is 18.8. The third-order valence-corrected chi connectivity index (χ3v) is 6.21. The minimum Gasteiger partial charge on any atom is -0.486 e. The lowest BCUT2D eigenvalue weighted by Crippen LogP contribution is -2.52. The molecule has 1 saturated heterocycles. The number of benzene rings is 2. The molecule has 2 aliphatic rings. The molecular formula is C25H31N3O3. The Morgan fingerprint density at radius 2 is 1.87 bits per heavy atom. The van der Waals surface area contributed by atoms with Crippen molar-refractivity contribution in [2.24, 2.45) is 5.92 Å². The highest BCUT2D eigenvalue weighted by Gasteiger charge is 2.34. The fourth-order valence-corrected chi connectivity index (χ4v) is 4.35. The molecule has 2 heterocycles. The lowest BCUT2D eigenvalue weighted by molar-refractivity contribution is -0.126. The van der Waals surface area contributed by atoms with Crippen LogP contribution in [0.2, 0.25) is 0 Å². The summed E-state index contributed by atoms with van der Waals surface area (Å²) < 4.78 is 6.00. The Bertz CT molecular complexity index is 937. The van der Waals surface area contributed by atoms with Crippen LogP contribution in [0.25, 0.3) is 0 Å². The Morgan fingerprint density at radius 1 is 1.10 bits per heavy atom. The Labute approximate surface area is 184 Å². The van der Waals surface area contributed by atoms with Crippen LogP contribution in [0.15, 0.2) is 48.5 Å². The number of nitrogens with zero attached hydrogens (tertiary/aromatic N) is 2. The number of carbonyl (C=O) groups excluding carboxylic acids is 2. The van der Waals surface area contributed by atoms with Gasteiger partial charge in [-0.05, 0) is 43.9 Å². The summed E-state index contributed by atoms with van der Waals surface area (Å²) >= 11 is 0. The van der Waals surface area contributed by atoms with Crippen molar-refractivity contribution in [1.29, 1.82) is 0 Å². The van der Waals surface area contributed by atoms with Crippen LogP contribution in [-0.2, 0) is 11.3 Å². The van der Waals surface area contributed by atoms with Gasteiger partial charge in [0.2, 0.25) is 5.91 Å². The highest BCUT2D eigenvalue weighted by Crippen LogP contribution is 2.35. The molecule has 164 valence electrons. The van der Waals surface area contributed by atoms with E-state index >= 15 is 0 Å². The zero-order chi connectivity index (χ0) is 21.8. The molecule has 0 radical (unpaired) electrons. The number of hydrogen-bond donors (Lipinski definition) is 1. The van der Waals surface area contributed by atoms with Crippen molar-refractivity contribution in [2.45, 2.75) is 45.8 Å². The third kappa shape index (κ3) is 4.84. The maximum absolute atomic E-state index is 13.3. The van der Waals surface area contributed by atoms with Crippen LogP contribution in [0, 0.1) is 12.8 Å². The summed E-state index contributed by atoms with van der Waals surface area (Å²) in [4.78, 5) is 29.6. The fourth-order valence-electron chi connectivity index (χ4n) is 4.35. The first-order chi connectivity index (χ1) is 15.0. The molecule has 0 bridgehead atoms. The molecule has 2 aliphatic heterocycles. The first-order valence-corrected chi connectivity index (χ1v) is 11.2. The van der Waals surface area contributed by atoms with Crippen LogP contribution in [0.1, 0.15) is 37.3 Å². The number of ether oxygens (including phenoxy) is 1. The average molecular weight is 422 g/mol. The van der Waals surface area contributed by atoms with E-state index in [2.05, 4.69) is 18.3 Å². The van der Waals surface area contributed by atoms with Gasteiger partial charge < -0.3 is 15.0 Å². The number of urea groups is 1. The predicted molar refractivity (Wildman–Crippen MR) is 121 cm³/mol. The second-order valence-electron chi connectivity index (χ2n) is 8.48. The fraction of sp³-hybridized carbons (Fsp3) is 0.440. The molecule has 3 amide bonds. The number of piperidine rings is 1. The van der Waals surface area contributed by atoms with E-state index in [9.17, 15) is 9.59 Å². The third-order valence-electron chi connectivity index (χ3n) is 6.21. The molecule has 4 rings (SSSR count). The quantitative estimate of drug-likeness (QED) is 0.808. The van der Waals surface area contributed by atoms with Gasteiger partial charge in [-0.3, -0.25) is 9.69 Å². The second kappa shape index (κ2) is 9.41. The molecule has 6 nitrogen and oxygen atoms in total. The van der Waals surface area contributed by atoms with E-state index in [4.69, 9.17) is 4.74 Å². The maximum atomic E-state index is 13.3. The number of fused-ring (bicyclic) bond motifs is 1. The molecule has 1 atom stereocenters. The maximum Gasteiger partial charge on any atom is 0.324 e. The number of likely N-dealkylation sites (tertiary alicyclic amines) is 1. The van der Waals surface area contributed by atoms with Crippen molar-refractivity contribution >= 4 is 17.6 Å². The highest BCUT2D eigenvalue weighted by molar-refractivity contribution is 5.94. The van der Waals surface area contributed by atoms with Crippen LogP contribution >= 0.6 is 0 Å². The largest absolute Gasteiger partial charge is 0.486 e. The SMILES string of the molecule is CC[C@@H]1CN(C(=O)N2CCC(C(=O)NCc3cccc(C)c3)CC2)c2ccccc2O1. The molecule has 31 heavy (non-hydrogen) atoms. The summed E-state index contributed by atoms with van der Waals surface area (Å²) in [6, 6.07) is 15.9. The summed E-state index contributed by atoms with van der Waals surface area (Å²) in [5.41, 5.74) is 3.13. The van der Waals surface area contributed by atoms with Gasteiger partial charge in [0.05, 0.1) is 12.2 Å². The Balaban J connectivity index is 1.33. The van der Waals surface area contributed by atoms with E-state index in [0.717, 1.165) is 23.4 Å². The highest BCUT2D eigenvalue weighted by atomic mass is 16.5. The van der Waals surface area contributed by atoms with Gasteiger partial charge in [0, 0.05) is 25.6 Å².